The van der Waals surface area contributed by atoms with Crippen molar-refractivity contribution in [3.8, 4) is 0 Å². The lowest BCUT2D eigenvalue weighted by molar-refractivity contribution is 0.171. The predicted molar refractivity (Wildman–Crippen MR) is 83.3 cm³/mol. The number of nitrogens with zero attached hydrogens (tertiary/aromatic N) is 1. The third-order valence-electron chi connectivity index (χ3n) is 3.32. The van der Waals surface area contributed by atoms with Crippen LogP contribution in [0.3, 0.4) is 0 Å². The lowest BCUT2D eigenvalue weighted by Gasteiger charge is -2.35. The topological polar surface area (TPSA) is 15.3 Å². The Morgan fingerprint density at radius 3 is 2.74 bits per heavy atom. The first-order valence-corrected chi connectivity index (χ1v) is 7.03. The maximum absolute atomic E-state index is 14.2. The fourth-order valence-electron chi connectivity index (χ4n) is 2.40. The second-order valence-electron chi connectivity index (χ2n) is 4.47. The van der Waals surface area contributed by atoms with Crippen LogP contribution in [0.2, 0.25) is 0 Å². The van der Waals surface area contributed by atoms with Gasteiger partial charge < -0.3 is 5.32 Å². The monoisotopic (exact) mass is 348 g/mol. The van der Waals surface area contributed by atoms with Crippen LogP contribution in [0, 0.1) is 5.82 Å². The summed E-state index contributed by atoms with van der Waals surface area (Å²) in [5.74, 6) is -0.150. The average molecular weight is 350 g/mol. The molecule has 1 aliphatic rings. The largest absolute Gasteiger partial charge is 0.314 e. The van der Waals surface area contributed by atoms with Gasteiger partial charge in [-0.25, -0.2) is 4.39 Å². The van der Waals surface area contributed by atoms with Crippen LogP contribution in [0.4, 0.5) is 4.39 Å². The molecule has 0 unspecified atom stereocenters. The minimum Gasteiger partial charge on any atom is -0.314 e. The Kier molecular flexibility index (Phi) is 7.00. The van der Waals surface area contributed by atoms with E-state index in [4.69, 9.17) is 0 Å². The zero-order chi connectivity index (χ0) is 13.0. The fraction of sp³-hybridized carbons (Fsp3) is 0.429. The van der Waals surface area contributed by atoms with E-state index in [1.165, 1.54) is 0 Å². The van der Waals surface area contributed by atoms with Crippen LogP contribution >= 0.6 is 28.3 Å². The first-order valence-electron chi connectivity index (χ1n) is 6.23. The predicted octanol–water partition coefficient (Wildman–Crippen LogP) is 3.53. The van der Waals surface area contributed by atoms with Crippen molar-refractivity contribution in [1.82, 2.24) is 10.2 Å². The molecule has 1 fully saturated rings. The smallest absolute Gasteiger partial charge is 0.142 e. The number of rotatable bonds is 4. The highest BCUT2D eigenvalue weighted by Gasteiger charge is 2.24. The number of hydrogen-bond acceptors (Lipinski definition) is 2. The van der Waals surface area contributed by atoms with Crippen LogP contribution in [-0.2, 0) is 0 Å². The second kappa shape index (κ2) is 8.00. The van der Waals surface area contributed by atoms with Gasteiger partial charge in [0.1, 0.15) is 5.82 Å². The maximum atomic E-state index is 14.2. The van der Waals surface area contributed by atoms with E-state index in [1.807, 2.05) is 18.2 Å². The standard InChI is InChI=1S/C14H18BrFN2.ClH/c1-2-4-13(18-9-7-17-8-10-18)11-5-3-6-12(15)14(11)16;/h2-3,5-6,13,17H,1,4,7-10H2;1H/t13-;/m0./s1. The van der Waals surface area contributed by atoms with Gasteiger partial charge in [-0.15, -0.1) is 19.0 Å². The van der Waals surface area contributed by atoms with Crippen molar-refractivity contribution in [3.05, 3.63) is 46.7 Å². The van der Waals surface area contributed by atoms with Crippen LogP contribution < -0.4 is 5.32 Å². The maximum Gasteiger partial charge on any atom is 0.142 e. The van der Waals surface area contributed by atoms with Crippen LogP contribution in [0.5, 0.6) is 0 Å². The summed E-state index contributed by atoms with van der Waals surface area (Å²) < 4.78 is 14.7. The Balaban J connectivity index is 0.00000180. The molecular formula is C14H19BrClFN2. The van der Waals surface area contributed by atoms with E-state index in [-0.39, 0.29) is 24.3 Å². The lowest BCUT2D eigenvalue weighted by Crippen LogP contribution is -2.45. The van der Waals surface area contributed by atoms with Gasteiger partial charge in [-0.05, 0) is 28.4 Å². The molecule has 1 heterocycles. The van der Waals surface area contributed by atoms with Gasteiger partial charge in [0.05, 0.1) is 4.47 Å². The molecule has 0 aliphatic carbocycles. The van der Waals surface area contributed by atoms with Crippen molar-refractivity contribution in [2.24, 2.45) is 0 Å². The SMILES string of the molecule is C=CC[C@@H](c1cccc(Br)c1F)N1CCNCC1.Cl. The summed E-state index contributed by atoms with van der Waals surface area (Å²) in [6, 6.07) is 5.58. The van der Waals surface area contributed by atoms with Gasteiger partial charge in [0, 0.05) is 37.8 Å². The van der Waals surface area contributed by atoms with Crippen LogP contribution in [0.1, 0.15) is 18.0 Å². The highest BCUT2D eigenvalue weighted by atomic mass is 79.9. The number of hydrogen-bond donors (Lipinski definition) is 1. The van der Waals surface area contributed by atoms with E-state index in [9.17, 15) is 4.39 Å². The summed E-state index contributed by atoms with van der Waals surface area (Å²) in [6.45, 7) is 7.62. The quantitative estimate of drug-likeness (QED) is 0.837. The summed E-state index contributed by atoms with van der Waals surface area (Å²) in [5.41, 5.74) is 0.756. The van der Waals surface area contributed by atoms with Crippen LogP contribution in [0.25, 0.3) is 0 Å². The van der Waals surface area contributed by atoms with Gasteiger partial charge in [0.15, 0.2) is 0 Å². The molecule has 2 nitrogen and oxygen atoms in total. The third kappa shape index (κ3) is 4.02. The summed E-state index contributed by atoms with van der Waals surface area (Å²) in [5, 5.41) is 3.32. The van der Waals surface area contributed by atoms with Crippen molar-refractivity contribution in [1.29, 1.82) is 0 Å². The van der Waals surface area contributed by atoms with E-state index in [0.29, 0.717) is 4.47 Å². The van der Waals surface area contributed by atoms with Gasteiger partial charge in [-0.2, -0.15) is 0 Å². The first kappa shape index (κ1) is 16.6. The van der Waals surface area contributed by atoms with Crippen molar-refractivity contribution in [2.75, 3.05) is 26.2 Å². The summed E-state index contributed by atoms with van der Waals surface area (Å²) in [7, 11) is 0. The molecule has 2 rings (SSSR count). The molecule has 0 spiro atoms. The summed E-state index contributed by atoms with van der Waals surface area (Å²) >= 11 is 3.26. The number of benzene rings is 1. The minimum absolute atomic E-state index is 0. The lowest BCUT2D eigenvalue weighted by atomic mass is 10.0. The van der Waals surface area contributed by atoms with Crippen molar-refractivity contribution < 1.29 is 4.39 Å². The molecule has 1 aromatic rings. The molecule has 106 valence electrons. The normalized spacial score (nSPS) is 17.6. The van der Waals surface area contributed by atoms with Crippen LogP contribution in [0.15, 0.2) is 35.3 Å². The van der Waals surface area contributed by atoms with Gasteiger partial charge >= 0.3 is 0 Å². The molecular weight excluding hydrogens is 331 g/mol. The Morgan fingerprint density at radius 2 is 2.11 bits per heavy atom. The van der Waals surface area contributed by atoms with Crippen molar-refractivity contribution in [3.63, 3.8) is 0 Å². The second-order valence-corrected chi connectivity index (χ2v) is 5.32. The molecule has 19 heavy (non-hydrogen) atoms. The molecule has 0 saturated carbocycles. The highest BCUT2D eigenvalue weighted by molar-refractivity contribution is 9.10. The van der Waals surface area contributed by atoms with Gasteiger partial charge in [0.2, 0.25) is 0 Å². The summed E-state index contributed by atoms with van der Waals surface area (Å²) in [6.07, 6.45) is 2.64. The van der Waals surface area contributed by atoms with Crippen molar-refractivity contribution >= 4 is 28.3 Å². The molecule has 0 radical (unpaired) electrons. The van der Waals surface area contributed by atoms with E-state index in [2.05, 4.69) is 32.7 Å². The molecule has 1 N–H and O–H groups in total. The molecule has 1 aromatic carbocycles. The van der Waals surface area contributed by atoms with Crippen molar-refractivity contribution in [2.45, 2.75) is 12.5 Å². The number of piperazine rings is 1. The van der Waals surface area contributed by atoms with E-state index < -0.39 is 0 Å². The Labute approximate surface area is 128 Å². The minimum atomic E-state index is -0.150. The van der Waals surface area contributed by atoms with E-state index in [1.54, 1.807) is 6.07 Å². The molecule has 0 amide bonds. The molecule has 1 saturated heterocycles. The fourth-order valence-corrected chi connectivity index (χ4v) is 2.78. The molecule has 0 bridgehead atoms. The molecule has 1 atom stereocenters. The number of nitrogens with one attached hydrogen (secondary N) is 1. The van der Waals surface area contributed by atoms with E-state index >= 15 is 0 Å². The first-order chi connectivity index (χ1) is 8.74. The van der Waals surface area contributed by atoms with Gasteiger partial charge in [-0.3, -0.25) is 4.90 Å². The Hall–Kier alpha value is -0.420. The zero-order valence-electron chi connectivity index (χ0n) is 10.7. The molecule has 5 heteroatoms. The Morgan fingerprint density at radius 1 is 1.42 bits per heavy atom. The highest BCUT2D eigenvalue weighted by Crippen LogP contribution is 2.30. The van der Waals surface area contributed by atoms with Gasteiger partial charge in [-0.1, -0.05) is 18.2 Å². The average Bonchev–Trinajstić information content (AvgIpc) is 2.41. The summed E-state index contributed by atoms with van der Waals surface area (Å²) in [4.78, 5) is 2.32. The van der Waals surface area contributed by atoms with Crippen LogP contribution in [-0.4, -0.2) is 31.1 Å². The van der Waals surface area contributed by atoms with E-state index in [0.717, 1.165) is 38.2 Å². The zero-order valence-corrected chi connectivity index (χ0v) is 13.1. The molecule has 1 aliphatic heterocycles. The van der Waals surface area contributed by atoms with Gasteiger partial charge in [0.25, 0.3) is 0 Å². The molecule has 0 aromatic heterocycles. The Bertz CT molecular complexity index is 422. The number of halogens is 3. The third-order valence-corrected chi connectivity index (χ3v) is 3.94.